The Morgan fingerprint density at radius 3 is 1.68 bits per heavy atom. The van der Waals surface area contributed by atoms with Crippen LogP contribution in [0.4, 0.5) is 0 Å². The molecule has 7 heteroatoms. The number of carbonyl (C=O) groups excluding carboxylic acids is 2. The van der Waals surface area contributed by atoms with E-state index in [1.807, 2.05) is 30.3 Å². The summed E-state index contributed by atoms with van der Waals surface area (Å²) in [4.78, 5) is 26.5. The second kappa shape index (κ2) is 12.8. The molecule has 3 aromatic carbocycles. The molecule has 3 aromatic rings. The molecule has 0 fully saturated rings. The first-order valence-electron chi connectivity index (χ1n) is 11.9. The highest BCUT2D eigenvalue weighted by atomic mass is 35.5. The van der Waals surface area contributed by atoms with Crippen LogP contribution in [0.2, 0.25) is 10.0 Å². The van der Waals surface area contributed by atoms with Crippen molar-refractivity contribution >= 4 is 35.1 Å². The number of esters is 2. The van der Waals surface area contributed by atoms with Gasteiger partial charge in [-0.25, -0.2) is 0 Å². The third kappa shape index (κ3) is 6.72. The van der Waals surface area contributed by atoms with Gasteiger partial charge < -0.3 is 14.6 Å². The summed E-state index contributed by atoms with van der Waals surface area (Å²) in [6.07, 6.45) is -0.205. The average Bonchev–Trinajstić information content (AvgIpc) is 2.89. The van der Waals surface area contributed by atoms with Crippen LogP contribution in [0.1, 0.15) is 37.0 Å². The fraction of sp³-hybridized carbons (Fsp3) is 0.267. The van der Waals surface area contributed by atoms with Gasteiger partial charge in [-0.1, -0.05) is 89.6 Å². The maximum absolute atomic E-state index is 13.3. The van der Waals surface area contributed by atoms with E-state index in [-0.39, 0.29) is 26.1 Å². The first kappa shape index (κ1) is 28.3. The van der Waals surface area contributed by atoms with Crippen LogP contribution in [0.3, 0.4) is 0 Å². The standard InChI is InChI=1S/C30H28Cl2O5/c1-3-36-27(33)29(28(34)37-4-2,21-22-9-6-5-7-10-22)19-8-20-30(35,23-11-15-25(31)16-12-23)24-13-17-26(32)18-14-24/h5-7,9-18,35H,3-4,19,21H2,1-2H3. The van der Waals surface area contributed by atoms with E-state index in [0.29, 0.717) is 21.2 Å². The Hall–Kier alpha value is -3.30. The third-order valence-electron chi connectivity index (χ3n) is 5.86. The van der Waals surface area contributed by atoms with Gasteiger partial charge in [0.05, 0.1) is 13.2 Å². The summed E-state index contributed by atoms with van der Waals surface area (Å²) < 4.78 is 10.7. The molecule has 1 N–H and O–H groups in total. The first-order valence-corrected chi connectivity index (χ1v) is 12.6. The molecule has 0 heterocycles. The lowest BCUT2D eigenvalue weighted by Crippen LogP contribution is -2.44. The van der Waals surface area contributed by atoms with Crippen LogP contribution in [-0.2, 0) is 31.1 Å². The molecule has 0 aliphatic carbocycles. The molecule has 0 aliphatic rings. The van der Waals surface area contributed by atoms with Gasteiger partial charge in [0.15, 0.2) is 11.0 Å². The van der Waals surface area contributed by atoms with Crippen LogP contribution in [-0.4, -0.2) is 30.3 Å². The smallest absolute Gasteiger partial charge is 0.324 e. The van der Waals surface area contributed by atoms with Gasteiger partial charge in [-0.2, -0.15) is 0 Å². The minimum absolute atomic E-state index is 0.0283. The van der Waals surface area contributed by atoms with E-state index >= 15 is 0 Å². The summed E-state index contributed by atoms with van der Waals surface area (Å²) in [7, 11) is 0. The molecule has 192 valence electrons. The van der Waals surface area contributed by atoms with Crippen LogP contribution in [0.25, 0.3) is 0 Å². The normalized spacial score (nSPS) is 11.3. The molecular weight excluding hydrogens is 511 g/mol. The van der Waals surface area contributed by atoms with Crippen LogP contribution in [0.5, 0.6) is 0 Å². The Balaban J connectivity index is 2.12. The van der Waals surface area contributed by atoms with E-state index < -0.39 is 23.0 Å². The molecule has 0 bridgehead atoms. The number of benzene rings is 3. The molecule has 0 saturated carbocycles. The highest BCUT2D eigenvalue weighted by Crippen LogP contribution is 2.34. The second-order valence-corrected chi connectivity index (χ2v) is 9.26. The quantitative estimate of drug-likeness (QED) is 0.206. The predicted molar refractivity (Wildman–Crippen MR) is 144 cm³/mol. The Morgan fingerprint density at radius 2 is 1.24 bits per heavy atom. The lowest BCUT2D eigenvalue weighted by molar-refractivity contribution is -0.171. The van der Waals surface area contributed by atoms with Gasteiger partial charge in [0.1, 0.15) is 0 Å². The van der Waals surface area contributed by atoms with E-state index in [4.69, 9.17) is 32.7 Å². The van der Waals surface area contributed by atoms with Crippen LogP contribution in [0, 0.1) is 17.3 Å². The van der Waals surface area contributed by atoms with Crippen molar-refractivity contribution in [3.05, 3.63) is 106 Å². The zero-order chi connectivity index (χ0) is 26.9. The van der Waals surface area contributed by atoms with Crippen LogP contribution >= 0.6 is 23.2 Å². The summed E-state index contributed by atoms with van der Waals surface area (Å²) in [5, 5.41) is 12.8. The van der Waals surface area contributed by atoms with Crippen molar-refractivity contribution in [1.29, 1.82) is 0 Å². The molecular formula is C30H28Cl2O5. The number of hydrogen-bond donors (Lipinski definition) is 1. The highest BCUT2D eigenvalue weighted by Gasteiger charge is 2.48. The first-order chi connectivity index (χ1) is 17.7. The van der Waals surface area contributed by atoms with Gasteiger partial charge >= 0.3 is 11.9 Å². The molecule has 3 rings (SSSR count). The Kier molecular flexibility index (Phi) is 9.77. The summed E-state index contributed by atoms with van der Waals surface area (Å²) in [5.74, 6) is 4.37. The topological polar surface area (TPSA) is 72.8 Å². The number of carbonyl (C=O) groups is 2. The largest absolute Gasteiger partial charge is 0.465 e. The van der Waals surface area contributed by atoms with Crippen molar-refractivity contribution in [2.75, 3.05) is 13.2 Å². The Morgan fingerprint density at radius 1 is 0.784 bits per heavy atom. The molecule has 0 atom stereocenters. The van der Waals surface area contributed by atoms with Gasteiger partial charge in [0.2, 0.25) is 0 Å². The zero-order valence-electron chi connectivity index (χ0n) is 20.7. The Labute approximate surface area is 227 Å². The SMILES string of the molecule is CCOC(=O)C(CC#CC(O)(c1ccc(Cl)cc1)c1ccc(Cl)cc1)(Cc1ccccc1)C(=O)OCC. The minimum Gasteiger partial charge on any atom is -0.465 e. The molecule has 0 unspecified atom stereocenters. The van der Waals surface area contributed by atoms with Crippen molar-refractivity contribution in [2.24, 2.45) is 5.41 Å². The van der Waals surface area contributed by atoms with Crippen molar-refractivity contribution in [3.63, 3.8) is 0 Å². The minimum atomic E-state index is -1.77. The predicted octanol–water partition coefficient (Wildman–Crippen LogP) is 5.98. The highest BCUT2D eigenvalue weighted by molar-refractivity contribution is 6.30. The molecule has 0 radical (unpaired) electrons. The number of ether oxygens (including phenoxy) is 2. The van der Waals surface area contributed by atoms with Gasteiger partial charge in [-0.3, -0.25) is 9.59 Å². The summed E-state index contributed by atoms with van der Waals surface area (Å²) in [6, 6.07) is 22.4. The van der Waals surface area contributed by atoms with Crippen molar-refractivity contribution in [2.45, 2.75) is 32.3 Å². The molecule has 0 amide bonds. The molecule has 0 aliphatic heterocycles. The monoisotopic (exact) mass is 538 g/mol. The fourth-order valence-electron chi connectivity index (χ4n) is 3.93. The number of rotatable bonds is 9. The van der Waals surface area contributed by atoms with E-state index in [1.54, 1.807) is 62.4 Å². The summed E-state index contributed by atoms with van der Waals surface area (Å²) in [6.45, 7) is 3.51. The van der Waals surface area contributed by atoms with Crippen LogP contribution < -0.4 is 0 Å². The summed E-state index contributed by atoms with van der Waals surface area (Å²) in [5.41, 5.74) is -1.81. The van der Waals surface area contributed by atoms with E-state index in [0.717, 1.165) is 5.56 Å². The van der Waals surface area contributed by atoms with Gasteiger partial charge in [0, 0.05) is 34.0 Å². The van der Waals surface area contributed by atoms with E-state index in [1.165, 1.54) is 0 Å². The average molecular weight is 539 g/mol. The molecule has 5 nitrogen and oxygen atoms in total. The summed E-state index contributed by atoms with van der Waals surface area (Å²) >= 11 is 12.1. The fourth-order valence-corrected chi connectivity index (χ4v) is 4.19. The number of aliphatic hydroxyl groups is 1. The van der Waals surface area contributed by atoms with E-state index in [2.05, 4.69) is 11.8 Å². The maximum Gasteiger partial charge on any atom is 0.324 e. The zero-order valence-corrected chi connectivity index (χ0v) is 22.2. The molecule has 0 aromatic heterocycles. The van der Waals surface area contributed by atoms with Gasteiger partial charge in [-0.15, -0.1) is 0 Å². The molecule has 37 heavy (non-hydrogen) atoms. The van der Waals surface area contributed by atoms with Crippen molar-refractivity contribution in [3.8, 4) is 11.8 Å². The number of hydrogen-bond acceptors (Lipinski definition) is 5. The van der Waals surface area contributed by atoms with Crippen molar-refractivity contribution in [1.82, 2.24) is 0 Å². The number of halogens is 2. The Bertz CT molecular complexity index is 1200. The molecule has 0 spiro atoms. The maximum atomic E-state index is 13.3. The van der Waals surface area contributed by atoms with Crippen molar-refractivity contribution < 1.29 is 24.2 Å². The second-order valence-electron chi connectivity index (χ2n) is 8.39. The lowest BCUT2D eigenvalue weighted by atomic mass is 9.78. The van der Waals surface area contributed by atoms with Gasteiger partial charge in [0.25, 0.3) is 0 Å². The third-order valence-corrected chi connectivity index (χ3v) is 6.37. The van der Waals surface area contributed by atoms with E-state index in [9.17, 15) is 14.7 Å². The molecule has 0 saturated heterocycles. The van der Waals surface area contributed by atoms with Gasteiger partial charge in [-0.05, 0) is 43.7 Å². The lowest BCUT2D eigenvalue weighted by Gasteiger charge is -2.28. The van der Waals surface area contributed by atoms with Crippen LogP contribution in [0.15, 0.2) is 78.9 Å².